The van der Waals surface area contributed by atoms with E-state index in [-0.39, 0.29) is 30.2 Å². The molecular formula is C17H19FN2O6. The Morgan fingerprint density at radius 1 is 1.38 bits per heavy atom. The number of hydrogen-bond donors (Lipinski definition) is 1. The van der Waals surface area contributed by atoms with Crippen molar-refractivity contribution in [2.75, 3.05) is 18.5 Å². The lowest BCUT2D eigenvalue weighted by atomic mass is 9.88. The average molecular weight is 366 g/mol. The zero-order valence-electron chi connectivity index (χ0n) is 14.1. The van der Waals surface area contributed by atoms with Gasteiger partial charge in [-0.25, -0.2) is 4.39 Å². The van der Waals surface area contributed by atoms with Gasteiger partial charge < -0.3 is 10.1 Å². The number of ether oxygens (including phenoxy) is 1. The summed E-state index contributed by atoms with van der Waals surface area (Å²) in [6, 6.07) is 5.53. The van der Waals surface area contributed by atoms with Crippen LogP contribution < -0.4 is 5.32 Å². The van der Waals surface area contributed by atoms with Crippen molar-refractivity contribution >= 4 is 23.3 Å². The van der Waals surface area contributed by atoms with Crippen LogP contribution in [0.5, 0.6) is 0 Å². The van der Waals surface area contributed by atoms with Crippen molar-refractivity contribution in [1.29, 1.82) is 0 Å². The minimum absolute atomic E-state index is 0.0422. The molecule has 0 radical (unpaired) electrons. The number of nitrogens with zero attached hydrogens (tertiary/aromatic N) is 1. The van der Waals surface area contributed by atoms with E-state index in [2.05, 4.69) is 5.32 Å². The van der Waals surface area contributed by atoms with Gasteiger partial charge in [0.2, 0.25) is 6.54 Å². The van der Waals surface area contributed by atoms with Crippen LogP contribution in [0.25, 0.3) is 0 Å². The Balaban J connectivity index is 1.85. The number of nitrogens with one attached hydrogen (secondary N) is 1. The zero-order chi connectivity index (χ0) is 19.3. The maximum absolute atomic E-state index is 13.4. The number of carbonyl (C=O) groups excluding carboxylic acids is 3. The van der Waals surface area contributed by atoms with Crippen molar-refractivity contribution in [3.05, 3.63) is 40.2 Å². The van der Waals surface area contributed by atoms with Gasteiger partial charge in [0.1, 0.15) is 11.6 Å². The number of benzene rings is 1. The van der Waals surface area contributed by atoms with Crippen LogP contribution in [0.15, 0.2) is 24.3 Å². The smallest absolute Gasteiger partial charge is 0.307 e. The number of amides is 1. The van der Waals surface area contributed by atoms with Crippen LogP contribution in [-0.4, -0.2) is 35.7 Å². The number of rotatable bonds is 7. The van der Waals surface area contributed by atoms with Crippen molar-refractivity contribution in [3.63, 3.8) is 0 Å². The van der Waals surface area contributed by atoms with Crippen molar-refractivity contribution in [2.24, 2.45) is 17.8 Å². The molecular weight excluding hydrogens is 347 g/mol. The number of nitro groups is 1. The summed E-state index contributed by atoms with van der Waals surface area (Å²) in [6.45, 7) is 0.710. The molecule has 0 saturated heterocycles. The standard InChI is InChI=1S/C17H19FN2O6/c1-10-6-15(21)11(12(10)8-20(24)25)7-17(23)26-9-16(22)19-14-5-3-2-4-13(14)18/h2-5,10-12H,6-9H2,1H3,(H,19,22)/t10-,11+,12-/m1/s1. The van der Waals surface area contributed by atoms with E-state index in [9.17, 15) is 28.9 Å². The minimum Gasteiger partial charge on any atom is -0.456 e. The van der Waals surface area contributed by atoms with E-state index in [0.717, 1.165) is 0 Å². The summed E-state index contributed by atoms with van der Waals surface area (Å²) >= 11 is 0. The molecule has 140 valence electrons. The fourth-order valence-electron chi connectivity index (χ4n) is 3.13. The van der Waals surface area contributed by atoms with Gasteiger partial charge >= 0.3 is 5.97 Å². The van der Waals surface area contributed by atoms with Crippen molar-refractivity contribution in [2.45, 2.75) is 19.8 Å². The lowest BCUT2D eigenvalue weighted by Crippen LogP contribution is -2.28. The van der Waals surface area contributed by atoms with Gasteiger partial charge in [0.05, 0.1) is 12.1 Å². The molecule has 0 spiro atoms. The van der Waals surface area contributed by atoms with Gasteiger partial charge in [-0.3, -0.25) is 24.5 Å². The van der Waals surface area contributed by atoms with E-state index < -0.39 is 47.6 Å². The van der Waals surface area contributed by atoms with E-state index in [1.807, 2.05) is 0 Å². The Labute approximate surface area is 148 Å². The fourth-order valence-corrected chi connectivity index (χ4v) is 3.13. The second kappa shape index (κ2) is 8.50. The number of halogens is 1. The fraction of sp³-hybridized carbons (Fsp3) is 0.471. The predicted octanol–water partition coefficient (Wildman–Crippen LogP) is 1.82. The largest absolute Gasteiger partial charge is 0.456 e. The molecule has 1 amide bonds. The van der Waals surface area contributed by atoms with Gasteiger partial charge in [-0.2, -0.15) is 0 Å². The number of carbonyl (C=O) groups is 3. The van der Waals surface area contributed by atoms with Gasteiger partial charge in [0.25, 0.3) is 5.91 Å². The molecule has 1 aromatic rings. The molecule has 26 heavy (non-hydrogen) atoms. The predicted molar refractivity (Wildman–Crippen MR) is 88.2 cm³/mol. The van der Waals surface area contributed by atoms with Gasteiger partial charge in [-0.05, 0) is 18.1 Å². The molecule has 1 aromatic carbocycles. The lowest BCUT2D eigenvalue weighted by Gasteiger charge is -2.17. The number of hydrogen-bond acceptors (Lipinski definition) is 6. The highest BCUT2D eigenvalue weighted by Gasteiger charge is 2.44. The van der Waals surface area contributed by atoms with Crippen LogP contribution >= 0.6 is 0 Å². The molecule has 0 unspecified atom stereocenters. The molecule has 9 heteroatoms. The molecule has 1 saturated carbocycles. The third kappa shape index (κ3) is 5.08. The summed E-state index contributed by atoms with van der Waals surface area (Å²) in [7, 11) is 0. The van der Waals surface area contributed by atoms with Crippen LogP contribution in [0.2, 0.25) is 0 Å². The summed E-state index contributed by atoms with van der Waals surface area (Å²) in [5.41, 5.74) is -0.0422. The monoisotopic (exact) mass is 366 g/mol. The first kappa shape index (κ1) is 19.5. The third-order valence-electron chi connectivity index (χ3n) is 4.44. The van der Waals surface area contributed by atoms with E-state index in [4.69, 9.17) is 4.74 Å². The van der Waals surface area contributed by atoms with Gasteiger partial charge in [-0.15, -0.1) is 0 Å². The first-order valence-electron chi connectivity index (χ1n) is 8.12. The molecule has 3 atom stereocenters. The first-order valence-corrected chi connectivity index (χ1v) is 8.12. The number of esters is 1. The Morgan fingerprint density at radius 3 is 2.73 bits per heavy atom. The van der Waals surface area contributed by atoms with Crippen LogP contribution in [0.3, 0.4) is 0 Å². The molecule has 1 aliphatic rings. The SMILES string of the molecule is C[C@@H]1CC(=O)[C@@H](CC(=O)OCC(=O)Nc2ccccc2F)[C@@H]1C[N+](=O)[O-]. The zero-order valence-corrected chi connectivity index (χ0v) is 14.1. The topological polar surface area (TPSA) is 116 Å². The van der Waals surface area contributed by atoms with Crippen LogP contribution in [0, 0.1) is 33.7 Å². The molecule has 1 fully saturated rings. The van der Waals surface area contributed by atoms with Gasteiger partial charge in [-0.1, -0.05) is 19.1 Å². The van der Waals surface area contributed by atoms with Crippen molar-refractivity contribution in [3.8, 4) is 0 Å². The summed E-state index contributed by atoms with van der Waals surface area (Å²) in [5.74, 6) is -3.85. The van der Waals surface area contributed by atoms with Crippen LogP contribution in [0.1, 0.15) is 19.8 Å². The highest BCUT2D eigenvalue weighted by Crippen LogP contribution is 2.36. The maximum Gasteiger partial charge on any atom is 0.307 e. The Kier molecular flexibility index (Phi) is 6.37. The van der Waals surface area contributed by atoms with E-state index >= 15 is 0 Å². The number of anilines is 1. The summed E-state index contributed by atoms with van der Waals surface area (Å²) in [5, 5.41) is 13.0. The van der Waals surface area contributed by atoms with E-state index in [0.29, 0.717) is 0 Å². The highest BCUT2D eigenvalue weighted by atomic mass is 19.1. The second-order valence-electron chi connectivity index (χ2n) is 6.33. The Hall–Kier alpha value is -2.84. The summed E-state index contributed by atoms with van der Waals surface area (Å²) < 4.78 is 18.3. The first-order chi connectivity index (χ1) is 12.3. The normalized spacial score (nSPS) is 22.1. The number of para-hydroxylation sites is 1. The number of Topliss-reactive ketones (excluding diaryl/α,β-unsaturated/α-hetero) is 1. The van der Waals surface area contributed by atoms with E-state index in [1.165, 1.54) is 24.3 Å². The quantitative estimate of drug-likeness (QED) is 0.447. The average Bonchev–Trinajstić information content (AvgIpc) is 2.81. The molecule has 0 aromatic heterocycles. The summed E-state index contributed by atoms with van der Waals surface area (Å²) in [4.78, 5) is 45.9. The van der Waals surface area contributed by atoms with Gasteiger partial charge in [0, 0.05) is 23.2 Å². The lowest BCUT2D eigenvalue weighted by molar-refractivity contribution is -0.490. The minimum atomic E-state index is -0.797. The Morgan fingerprint density at radius 2 is 2.08 bits per heavy atom. The van der Waals surface area contributed by atoms with E-state index in [1.54, 1.807) is 6.92 Å². The van der Waals surface area contributed by atoms with Crippen LogP contribution in [-0.2, 0) is 19.1 Å². The molecule has 0 aliphatic heterocycles. The molecule has 1 aliphatic carbocycles. The molecule has 2 rings (SSSR count). The highest BCUT2D eigenvalue weighted by molar-refractivity contribution is 5.93. The van der Waals surface area contributed by atoms with Crippen molar-refractivity contribution in [1.82, 2.24) is 0 Å². The molecule has 8 nitrogen and oxygen atoms in total. The second-order valence-corrected chi connectivity index (χ2v) is 6.33. The summed E-state index contributed by atoms with van der Waals surface area (Å²) in [6.07, 6.45) is -0.126. The molecule has 1 N–H and O–H groups in total. The Bertz CT molecular complexity index is 723. The van der Waals surface area contributed by atoms with Crippen LogP contribution in [0.4, 0.5) is 10.1 Å². The van der Waals surface area contributed by atoms with Crippen molar-refractivity contribution < 1.29 is 28.4 Å². The molecule has 0 bridgehead atoms. The van der Waals surface area contributed by atoms with Gasteiger partial charge in [0.15, 0.2) is 6.61 Å². The molecule has 0 heterocycles. The number of ketones is 1. The third-order valence-corrected chi connectivity index (χ3v) is 4.44. The maximum atomic E-state index is 13.4.